The molecule has 184 valence electrons. The van der Waals surface area contributed by atoms with E-state index in [9.17, 15) is 4.79 Å². The number of para-hydroxylation sites is 1. The summed E-state index contributed by atoms with van der Waals surface area (Å²) in [5.74, 6) is 1.74. The fourth-order valence-electron chi connectivity index (χ4n) is 4.51. The van der Waals surface area contributed by atoms with E-state index in [0.29, 0.717) is 22.0 Å². The normalized spacial score (nSPS) is 14.5. The Morgan fingerprint density at radius 3 is 2.64 bits per heavy atom. The minimum atomic E-state index is -0.132. The van der Waals surface area contributed by atoms with Gasteiger partial charge in [-0.05, 0) is 83.5 Å². The minimum Gasteiger partial charge on any atom is -0.488 e. The molecule has 0 bridgehead atoms. The Hall–Kier alpha value is -2.42. The van der Waals surface area contributed by atoms with Gasteiger partial charge in [-0.3, -0.25) is 4.79 Å². The number of ether oxygens (including phenoxy) is 1. The number of hydrogen-bond donors (Lipinski definition) is 0. The van der Waals surface area contributed by atoms with E-state index < -0.39 is 0 Å². The molecular formula is C28H24Cl2IN3O2. The maximum atomic E-state index is 13.4. The average molecular weight is 632 g/mol. The molecule has 0 atom stereocenters. The molecule has 0 saturated heterocycles. The van der Waals surface area contributed by atoms with Crippen molar-refractivity contribution in [3.05, 3.63) is 102 Å². The van der Waals surface area contributed by atoms with Crippen LogP contribution in [0.4, 0.5) is 0 Å². The fourth-order valence-corrected chi connectivity index (χ4v) is 5.67. The molecule has 1 heterocycles. The lowest BCUT2D eigenvalue weighted by molar-refractivity contribution is 0.304. The zero-order chi connectivity index (χ0) is 25.1. The Balaban J connectivity index is 1.41. The highest BCUT2D eigenvalue weighted by Crippen LogP contribution is 2.32. The van der Waals surface area contributed by atoms with Gasteiger partial charge in [0.15, 0.2) is 0 Å². The predicted octanol–water partition coefficient (Wildman–Crippen LogP) is 7.82. The summed E-state index contributed by atoms with van der Waals surface area (Å²) in [7, 11) is 0. The molecule has 0 N–H and O–H groups in total. The Morgan fingerprint density at radius 2 is 1.86 bits per heavy atom. The summed E-state index contributed by atoms with van der Waals surface area (Å²) < 4.78 is 8.41. The zero-order valence-corrected chi connectivity index (χ0v) is 23.1. The third-order valence-corrected chi connectivity index (χ3v) is 7.86. The van der Waals surface area contributed by atoms with Gasteiger partial charge in [-0.1, -0.05) is 60.7 Å². The molecule has 0 aliphatic heterocycles. The van der Waals surface area contributed by atoms with Gasteiger partial charge in [-0.25, -0.2) is 4.98 Å². The van der Waals surface area contributed by atoms with Gasteiger partial charge in [0, 0.05) is 21.5 Å². The van der Waals surface area contributed by atoms with Crippen molar-refractivity contribution in [1.82, 2.24) is 9.66 Å². The number of halogens is 3. The molecule has 1 aliphatic rings. The Labute approximate surface area is 233 Å². The number of benzene rings is 3. The standard InChI is InChI=1S/C28H24Cl2IN3O2/c29-21-12-11-20(23(30)15-21)17-36-26-13-10-18(14-24(26)31)16-32-34-27(19-6-2-1-3-7-19)33-25-9-5-4-8-22(25)28(34)35/h4-5,8-16,19H,1-3,6-7,17H2. The first-order valence-electron chi connectivity index (χ1n) is 11.9. The number of aromatic nitrogens is 2. The molecule has 5 nitrogen and oxygen atoms in total. The van der Waals surface area contributed by atoms with Crippen LogP contribution in [0, 0.1) is 3.57 Å². The number of nitrogens with zero attached hydrogens (tertiary/aromatic N) is 3. The van der Waals surface area contributed by atoms with Crippen LogP contribution in [0.5, 0.6) is 5.75 Å². The molecule has 5 rings (SSSR count). The van der Waals surface area contributed by atoms with Crippen LogP contribution in [-0.2, 0) is 6.61 Å². The quantitative estimate of drug-likeness (QED) is 0.161. The highest BCUT2D eigenvalue weighted by Gasteiger charge is 2.22. The van der Waals surface area contributed by atoms with Crippen molar-refractivity contribution < 1.29 is 4.74 Å². The second kappa shape index (κ2) is 11.3. The maximum Gasteiger partial charge on any atom is 0.282 e. The average Bonchev–Trinajstić information content (AvgIpc) is 2.89. The first-order chi connectivity index (χ1) is 17.5. The van der Waals surface area contributed by atoms with E-state index in [1.807, 2.05) is 48.5 Å². The van der Waals surface area contributed by atoms with E-state index in [-0.39, 0.29) is 11.5 Å². The largest absolute Gasteiger partial charge is 0.488 e. The molecule has 0 radical (unpaired) electrons. The van der Waals surface area contributed by atoms with Crippen LogP contribution in [0.15, 0.2) is 70.6 Å². The Bertz CT molecular complexity index is 1500. The summed E-state index contributed by atoms with van der Waals surface area (Å²) in [6, 6.07) is 18.6. The highest BCUT2D eigenvalue weighted by atomic mass is 127. The van der Waals surface area contributed by atoms with Crippen LogP contribution in [0.2, 0.25) is 10.0 Å². The topological polar surface area (TPSA) is 56.5 Å². The van der Waals surface area contributed by atoms with E-state index >= 15 is 0 Å². The van der Waals surface area contributed by atoms with Crippen molar-refractivity contribution in [3.63, 3.8) is 0 Å². The van der Waals surface area contributed by atoms with Gasteiger partial charge >= 0.3 is 0 Å². The fraction of sp³-hybridized carbons (Fsp3) is 0.250. The van der Waals surface area contributed by atoms with Gasteiger partial charge in [-0.2, -0.15) is 9.78 Å². The van der Waals surface area contributed by atoms with E-state index in [2.05, 4.69) is 27.7 Å². The second-order valence-corrected chi connectivity index (χ2v) is 10.9. The van der Waals surface area contributed by atoms with Crippen molar-refractivity contribution in [3.8, 4) is 5.75 Å². The lowest BCUT2D eigenvalue weighted by atomic mass is 9.88. The lowest BCUT2D eigenvalue weighted by Gasteiger charge is -2.22. The minimum absolute atomic E-state index is 0.132. The van der Waals surface area contributed by atoms with Crippen LogP contribution in [0.25, 0.3) is 10.9 Å². The van der Waals surface area contributed by atoms with Gasteiger partial charge in [-0.15, -0.1) is 0 Å². The van der Waals surface area contributed by atoms with Gasteiger partial charge in [0.25, 0.3) is 5.56 Å². The summed E-state index contributed by atoms with van der Waals surface area (Å²) >= 11 is 14.5. The SMILES string of the molecule is O=c1c2ccccc2nc(C2CCCCC2)n1N=Cc1ccc(OCc2ccc(Cl)cc2Cl)c(I)c1. The Kier molecular flexibility index (Phi) is 7.93. The lowest BCUT2D eigenvalue weighted by Crippen LogP contribution is -2.25. The van der Waals surface area contributed by atoms with E-state index in [1.54, 1.807) is 18.3 Å². The van der Waals surface area contributed by atoms with Crippen LogP contribution in [0.3, 0.4) is 0 Å². The summed E-state index contributed by atoms with van der Waals surface area (Å²) in [5.41, 5.74) is 2.32. The molecule has 36 heavy (non-hydrogen) atoms. The van der Waals surface area contributed by atoms with Crippen LogP contribution in [0.1, 0.15) is 55.0 Å². The summed E-state index contributed by atoms with van der Waals surface area (Å²) in [6.07, 6.45) is 7.31. The molecule has 1 aromatic heterocycles. The van der Waals surface area contributed by atoms with Crippen LogP contribution >= 0.6 is 45.8 Å². The van der Waals surface area contributed by atoms with Crippen LogP contribution in [-0.4, -0.2) is 15.9 Å². The van der Waals surface area contributed by atoms with Gasteiger partial charge in [0.05, 0.1) is 20.7 Å². The van der Waals surface area contributed by atoms with Gasteiger partial charge in [0.1, 0.15) is 18.2 Å². The summed E-state index contributed by atoms with van der Waals surface area (Å²) in [4.78, 5) is 18.2. The predicted molar refractivity (Wildman–Crippen MR) is 155 cm³/mol. The summed E-state index contributed by atoms with van der Waals surface area (Å²) in [5, 5.41) is 6.37. The highest BCUT2D eigenvalue weighted by molar-refractivity contribution is 14.1. The van der Waals surface area contributed by atoms with Gasteiger partial charge < -0.3 is 4.74 Å². The first-order valence-corrected chi connectivity index (χ1v) is 13.8. The molecule has 0 amide bonds. The van der Waals surface area contributed by atoms with Crippen molar-refractivity contribution in [1.29, 1.82) is 0 Å². The molecule has 1 saturated carbocycles. The monoisotopic (exact) mass is 631 g/mol. The molecule has 8 heteroatoms. The van der Waals surface area contributed by atoms with E-state index in [1.165, 1.54) is 11.1 Å². The molecule has 4 aromatic rings. The molecule has 0 unspecified atom stereocenters. The molecule has 3 aromatic carbocycles. The molecule has 1 aliphatic carbocycles. The smallest absolute Gasteiger partial charge is 0.282 e. The number of fused-ring (bicyclic) bond motifs is 1. The van der Waals surface area contributed by atoms with Crippen molar-refractivity contribution >= 4 is 62.9 Å². The number of rotatable bonds is 6. The molecule has 1 fully saturated rings. The van der Waals surface area contributed by atoms with Gasteiger partial charge in [0.2, 0.25) is 0 Å². The van der Waals surface area contributed by atoms with Crippen molar-refractivity contribution in [2.45, 2.75) is 44.6 Å². The first kappa shape index (κ1) is 25.2. The number of hydrogen-bond acceptors (Lipinski definition) is 4. The third-order valence-electron chi connectivity index (χ3n) is 6.43. The molecular weight excluding hydrogens is 608 g/mol. The van der Waals surface area contributed by atoms with Crippen LogP contribution < -0.4 is 10.3 Å². The van der Waals surface area contributed by atoms with Crippen molar-refractivity contribution in [2.75, 3.05) is 0 Å². The summed E-state index contributed by atoms with van der Waals surface area (Å²) in [6.45, 7) is 0.336. The maximum absolute atomic E-state index is 13.4. The zero-order valence-electron chi connectivity index (χ0n) is 19.5. The molecule has 0 spiro atoms. The van der Waals surface area contributed by atoms with Crippen molar-refractivity contribution in [2.24, 2.45) is 5.10 Å². The third kappa shape index (κ3) is 5.61. The van der Waals surface area contributed by atoms with E-state index in [0.717, 1.165) is 57.5 Å². The Morgan fingerprint density at radius 1 is 1.06 bits per heavy atom. The second-order valence-electron chi connectivity index (χ2n) is 8.90. The van der Waals surface area contributed by atoms with E-state index in [4.69, 9.17) is 32.9 Å².